The molecule has 0 aliphatic carbocycles. The van der Waals surface area contributed by atoms with Gasteiger partial charge in [-0.15, -0.1) is 0 Å². The van der Waals surface area contributed by atoms with E-state index in [0.29, 0.717) is 0 Å². The number of likely N-dealkylation sites (tertiary alicyclic amines) is 1. The molecule has 16 heavy (non-hydrogen) atoms. The predicted molar refractivity (Wildman–Crippen MR) is 65.9 cm³/mol. The molecule has 1 aliphatic heterocycles. The van der Waals surface area contributed by atoms with E-state index in [2.05, 4.69) is 0 Å². The molecule has 0 unspecified atom stereocenters. The Labute approximate surface area is 96.6 Å². The Morgan fingerprint density at radius 1 is 1.19 bits per heavy atom. The molecule has 1 amide bonds. The summed E-state index contributed by atoms with van der Waals surface area (Å²) in [7, 11) is 0. The number of hydrogen-bond acceptors (Lipinski definition) is 1. The first-order valence-electron chi connectivity index (χ1n) is 5.80. The summed E-state index contributed by atoms with van der Waals surface area (Å²) in [4.78, 5) is 13.9. The van der Waals surface area contributed by atoms with Gasteiger partial charge in [0.05, 0.1) is 0 Å². The normalized spacial score (nSPS) is 16.6. The highest BCUT2D eigenvalue weighted by Crippen LogP contribution is 2.13. The van der Waals surface area contributed by atoms with Crippen molar-refractivity contribution < 1.29 is 4.79 Å². The molecule has 0 saturated carbocycles. The van der Waals surface area contributed by atoms with Gasteiger partial charge in [-0.1, -0.05) is 30.3 Å². The highest BCUT2D eigenvalue weighted by molar-refractivity contribution is 5.97. The van der Waals surface area contributed by atoms with Crippen LogP contribution in [0.5, 0.6) is 0 Å². The monoisotopic (exact) mass is 215 g/mol. The van der Waals surface area contributed by atoms with Crippen molar-refractivity contribution in [3.05, 3.63) is 41.5 Å². The molecule has 2 nitrogen and oxygen atoms in total. The summed E-state index contributed by atoms with van der Waals surface area (Å²) in [6.07, 6.45) is 4.25. The summed E-state index contributed by atoms with van der Waals surface area (Å²) in [5.41, 5.74) is 1.92. The van der Waals surface area contributed by atoms with Crippen molar-refractivity contribution in [2.24, 2.45) is 0 Å². The smallest absolute Gasteiger partial charge is 0.249 e. The van der Waals surface area contributed by atoms with Gasteiger partial charge >= 0.3 is 0 Å². The first-order chi connectivity index (χ1) is 7.77. The van der Waals surface area contributed by atoms with E-state index < -0.39 is 0 Å². The van der Waals surface area contributed by atoms with Gasteiger partial charge in [0.15, 0.2) is 0 Å². The highest BCUT2D eigenvalue weighted by atomic mass is 16.2. The number of nitrogens with zero attached hydrogens (tertiary/aromatic N) is 1. The zero-order valence-electron chi connectivity index (χ0n) is 9.65. The lowest BCUT2D eigenvalue weighted by Crippen LogP contribution is -2.28. The second kappa shape index (κ2) is 4.97. The second-order valence-electron chi connectivity index (χ2n) is 4.24. The first-order valence-corrected chi connectivity index (χ1v) is 5.80. The second-order valence-corrected chi connectivity index (χ2v) is 4.24. The molecule has 0 bridgehead atoms. The van der Waals surface area contributed by atoms with E-state index in [0.717, 1.165) is 37.1 Å². The summed E-state index contributed by atoms with van der Waals surface area (Å²) >= 11 is 0. The molecule has 84 valence electrons. The average Bonchev–Trinajstić information content (AvgIpc) is 2.83. The van der Waals surface area contributed by atoms with Gasteiger partial charge in [0.25, 0.3) is 0 Å². The van der Waals surface area contributed by atoms with Crippen LogP contribution in [0.1, 0.15) is 25.3 Å². The molecule has 2 rings (SSSR count). The minimum absolute atomic E-state index is 0.182. The van der Waals surface area contributed by atoms with Crippen molar-refractivity contribution in [1.82, 2.24) is 4.90 Å². The van der Waals surface area contributed by atoms with E-state index in [1.54, 1.807) is 0 Å². The van der Waals surface area contributed by atoms with Gasteiger partial charge in [0, 0.05) is 18.7 Å². The fraction of sp³-hybridized carbons (Fsp3) is 0.357. The molecule has 0 N–H and O–H groups in total. The molecule has 1 fully saturated rings. The third-order valence-corrected chi connectivity index (χ3v) is 2.91. The zero-order valence-corrected chi connectivity index (χ0v) is 9.65. The number of amides is 1. The maximum absolute atomic E-state index is 12.0. The maximum atomic E-state index is 12.0. The Bertz CT molecular complexity index is 388. The van der Waals surface area contributed by atoms with Gasteiger partial charge in [-0.2, -0.15) is 0 Å². The van der Waals surface area contributed by atoms with Gasteiger partial charge in [-0.05, 0) is 31.4 Å². The minimum Gasteiger partial charge on any atom is -0.339 e. The molecular formula is C14H17NO. The van der Waals surface area contributed by atoms with Crippen LogP contribution in [0.2, 0.25) is 0 Å². The van der Waals surface area contributed by atoms with E-state index in [4.69, 9.17) is 0 Å². The Balaban J connectivity index is 2.09. The third kappa shape index (κ3) is 2.51. The van der Waals surface area contributed by atoms with Gasteiger partial charge < -0.3 is 4.90 Å². The van der Waals surface area contributed by atoms with Crippen LogP contribution in [0, 0.1) is 0 Å². The van der Waals surface area contributed by atoms with Crippen LogP contribution in [-0.4, -0.2) is 23.9 Å². The standard InChI is InChI=1S/C14H17NO/c1-12(11-13-7-3-2-4-8-13)14(16)15-9-5-6-10-15/h2-4,7-8,11H,5-6,9-10H2,1H3. The zero-order chi connectivity index (χ0) is 11.4. The number of hydrogen-bond donors (Lipinski definition) is 0. The molecule has 2 heteroatoms. The van der Waals surface area contributed by atoms with Crippen molar-refractivity contribution in [2.45, 2.75) is 19.8 Å². The Morgan fingerprint density at radius 2 is 1.81 bits per heavy atom. The lowest BCUT2D eigenvalue weighted by molar-refractivity contribution is -0.125. The van der Waals surface area contributed by atoms with Crippen molar-refractivity contribution in [1.29, 1.82) is 0 Å². The van der Waals surface area contributed by atoms with Crippen LogP contribution >= 0.6 is 0 Å². The van der Waals surface area contributed by atoms with Crippen molar-refractivity contribution in [2.75, 3.05) is 13.1 Å². The summed E-state index contributed by atoms with van der Waals surface area (Å²) < 4.78 is 0. The maximum Gasteiger partial charge on any atom is 0.249 e. The number of rotatable bonds is 2. The van der Waals surface area contributed by atoms with Crippen LogP contribution in [0.3, 0.4) is 0 Å². The van der Waals surface area contributed by atoms with E-state index in [9.17, 15) is 4.79 Å². The predicted octanol–water partition coefficient (Wildman–Crippen LogP) is 2.71. The average molecular weight is 215 g/mol. The third-order valence-electron chi connectivity index (χ3n) is 2.91. The molecule has 1 saturated heterocycles. The molecule has 0 atom stereocenters. The van der Waals surface area contributed by atoms with Crippen molar-refractivity contribution in [3.63, 3.8) is 0 Å². The molecule has 1 aliphatic rings. The quantitative estimate of drug-likeness (QED) is 0.695. The number of carbonyl (C=O) groups excluding carboxylic acids is 1. The van der Waals surface area contributed by atoms with E-state index in [-0.39, 0.29) is 5.91 Å². The summed E-state index contributed by atoms with van der Waals surface area (Å²) in [5, 5.41) is 0. The SMILES string of the molecule is CC(=Cc1ccccc1)C(=O)N1CCCC1. The highest BCUT2D eigenvalue weighted by Gasteiger charge is 2.18. The van der Waals surface area contributed by atoms with Crippen LogP contribution < -0.4 is 0 Å². The minimum atomic E-state index is 0.182. The fourth-order valence-corrected chi connectivity index (χ4v) is 2.03. The van der Waals surface area contributed by atoms with Gasteiger partial charge in [-0.25, -0.2) is 0 Å². The summed E-state index contributed by atoms with van der Waals surface area (Å²) in [6, 6.07) is 9.98. The van der Waals surface area contributed by atoms with E-state index >= 15 is 0 Å². The molecule has 0 radical (unpaired) electrons. The lowest BCUT2D eigenvalue weighted by Gasteiger charge is -2.15. The number of carbonyl (C=O) groups is 1. The molecule has 1 aromatic carbocycles. The number of benzene rings is 1. The molecule has 0 spiro atoms. The van der Waals surface area contributed by atoms with E-state index in [1.807, 2.05) is 48.2 Å². The van der Waals surface area contributed by atoms with Crippen molar-refractivity contribution >= 4 is 12.0 Å². The van der Waals surface area contributed by atoms with Gasteiger partial charge in [0.2, 0.25) is 5.91 Å². The summed E-state index contributed by atoms with van der Waals surface area (Å²) in [5.74, 6) is 0.182. The van der Waals surface area contributed by atoms with E-state index in [1.165, 1.54) is 0 Å². The molecule has 1 heterocycles. The molecule has 0 aromatic heterocycles. The Kier molecular flexibility index (Phi) is 3.40. The molecule has 1 aromatic rings. The lowest BCUT2D eigenvalue weighted by atomic mass is 10.1. The Morgan fingerprint density at radius 3 is 2.44 bits per heavy atom. The first kappa shape index (κ1) is 10.9. The summed E-state index contributed by atoms with van der Waals surface area (Å²) in [6.45, 7) is 3.73. The van der Waals surface area contributed by atoms with Crippen LogP contribution in [0.4, 0.5) is 0 Å². The van der Waals surface area contributed by atoms with Gasteiger partial charge in [-0.3, -0.25) is 4.79 Å². The molecular weight excluding hydrogens is 198 g/mol. The topological polar surface area (TPSA) is 20.3 Å². The van der Waals surface area contributed by atoms with Crippen LogP contribution in [0.25, 0.3) is 6.08 Å². The van der Waals surface area contributed by atoms with Crippen LogP contribution in [-0.2, 0) is 4.79 Å². The Hall–Kier alpha value is -1.57. The van der Waals surface area contributed by atoms with Crippen molar-refractivity contribution in [3.8, 4) is 0 Å². The van der Waals surface area contributed by atoms with Crippen LogP contribution in [0.15, 0.2) is 35.9 Å². The fourth-order valence-electron chi connectivity index (χ4n) is 2.03. The van der Waals surface area contributed by atoms with Gasteiger partial charge in [0.1, 0.15) is 0 Å². The largest absolute Gasteiger partial charge is 0.339 e.